The Morgan fingerprint density at radius 1 is 0.854 bits per heavy atom. The van der Waals surface area contributed by atoms with Gasteiger partial charge in [-0.1, -0.05) is 6.92 Å². The van der Waals surface area contributed by atoms with Gasteiger partial charge in [-0.25, -0.2) is 0 Å². The fourth-order valence-corrected chi connectivity index (χ4v) is 5.76. The zero-order valence-electron chi connectivity index (χ0n) is 21.7. The van der Waals surface area contributed by atoms with E-state index in [1.165, 1.54) is 6.92 Å². The molecule has 2 aliphatic rings. The molecule has 1 saturated carbocycles. The van der Waals surface area contributed by atoms with E-state index in [1.807, 2.05) is 0 Å². The third kappa shape index (κ3) is 4.75. The summed E-state index contributed by atoms with van der Waals surface area (Å²) in [4.78, 5) is 13.5. The lowest BCUT2D eigenvalue weighted by Gasteiger charge is -2.40. The van der Waals surface area contributed by atoms with Crippen LogP contribution in [0.4, 0.5) is 0 Å². The van der Waals surface area contributed by atoms with Crippen LogP contribution in [-0.2, 0) is 4.74 Å². The maximum atomic E-state index is 13.5. The monoisotopic (exact) mass is 580 g/mol. The second kappa shape index (κ2) is 10.9. The molecule has 2 aromatic carbocycles. The van der Waals surface area contributed by atoms with Gasteiger partial charge < -0.3 is 65.0 Å². The predicted octanol–water partition coefficient (Wildman–Crippen LogP) is -1.30. The summed E-state index contributed by atoms with van der Waals surface area (Å²) in [6.45, 7) is 0.417. The molecule has 0 amide bonds. The summed E-state index contributed by atoms with van der Waals surface area (Å²) in [5.41, 5.74) is -1.52. The third-order valence-corrected chi connectivity index (χ3v) is 8.26. The number of rotatable bonds is 5. The van der Waals surface area contributed by atoms with Crippen LogP contribution in [0.1, 0.15) is 24.8 Å². The van der Waals surface area contributed by atoms with Gasteiger partial charge in [0.2, 0.25) is 11.7 Å². The summed E-state index contributed by atoms with van der Waals surface area (Å²) < 4.78 is 16.8. The van der Waals surface area contributed by atoms with Crippen LogP contribution in [0.2, 0.25) is 0 Å². The SMILES string of the molecule is C[C@@H]1[C@@H](O)[C@H](Oc2cc3oc4cc(O)c(C5C[C@H](CO)[C@@H](O)[C@H](O)[C@H]5O)c(O)c4c(=O)c3cc2O)O[C@H](CO)[C@H]1O. The first kappa shape index (κ1) is 29.3. The summed E-state index contributed by atoms with van der Waals surface area (Å²) in [6.07, 6.45) is -9.93. The number of benzene rings is 2. The lowest BCUT2D eigenvalue weighted by atomic mass is 9.72. The van der Waals surface area contributed by atoms with Gasteiger partial charge in [0.25, 0.3) is 0 Å². The van der Waals surface area contributed by atoms with E-state index in [-0.39, 0.29) is 34.3 Å². The van der Waals surface area contributed by atoms with Gasteiger partial charge in [-0.05, 0) is 12.5 Å². The lowest BCUT2D eigenvalue weighted by molar-refractivity contribution is -0.261. The molecule has 1 aliphatic carbocycles. The van der Waals surface area contributed by atoms with Crippen molar-refractivity contribution in [2.24, 2.45) is 11.8 Å². The molecule has 2 heterocycles. The Labute approximate surface area is 231 Å². The molecular weight excluding hydrogens is 548 g/mol. The molecule has 224 valence electrons. The molecule has 1 aliphatic heterocycles. The number of hydrogen-bond acceptors (Lipinski definition) is 14. The average molecular weight is 581 g/mol. The number of phenols is 3. The van der Waals surface area contributed by atoms with E-state index in [1.54, 1.807) is 0 Å². The molecular formula is C27H32O14. The van der Waals surface area contributed by atoms with Crippen molar-refractivity contribution in [3.63, 3.8) is 0 Å². The molecule has 0 spiro atoms. The van der Waals surface area contributed by atoms with E-state index in [0.29, 0.717) is 0 Å². The molecule has 14 nitrogen and oxygen atoms in total. The predicted molar refractivity (Wildman–Crippen MR) is 138 cm³/mol. The van der Waals surface area contributed by atoms with E-state index >= 15 is 0 Å². The highest BCUT2D eigenvalue weighted by Crippen LogP contribution is 2.47. The number of fused-ring (bicyclic) bond motifs is 2. The number of aliphatic hydroxyl groups excluding tert-OH is 7. The van der Waals surface area contributed by atoms with Crippen molar-refractivity contribution >= 4 is 21.9 Å². The van der Waals surface area contributed by atoms with Crippen LogP contribution in [0, 0.1) is 11.8 Å². The van der Waals surface area contributed by atoms with Crippen LogP contribution < -0.4 is 10.2 Å². The van der Waals surface area contributed by atoms with Gasteiger partial charge in [0.05, 0.1) is 30.3 Å². The fraction of sp³-hybridized carbons (Fsp3) is 0.519. The summed E-state index contributed by atoms with van der Waals surface area (Å²) in [5.74, 6) is -4.98. The molecule has 1 aromatic heterocycles. The standard InChI is InChI=1S/C27H32O14/c1-8-20(32)17(7-29)41-27(21(8)33)40-15-5-14-10(3-12(15)30)23(35)19-16(39-14)4-13(31)18(25(19)37)11-2-9(6-28)22(34)26(38)24(11)36/h3-5,8-9,11,17,20-22,24,26-34,36-38H,2,6-7H2,1H3/t8-,9+,11?,17+,20-,21+,22+,24-,26-,27+/m0/s1. The van der Waals surface area contributed by atoms with Crippen molar-refractivity contribution in [1.29, 1.82) is 0 Å². The van der Waals surface area contributed by atoms with Gasteiger partial charge in [-0.15, -0.1) is 0 Å². The minimum absolute atomic E-state index is 0.134. The average Bonchev–Trinajstić information content (AvgIpc) is 2.93. The molecule has 1 unspecified atom stereocenters. The van der Waals surface area contributed by atoms with Crippen LogP contribution >= 0.6 is 0 Å². The van der Waals surface area contributed by atoms with E-state index in [9.17, 15) is 55.9 Å². The maximum Gasteiger partial charge on any atom is 0.227 e. The Morgan fingerprint density at radius 3 is 2.22 bits per heavy atom. The van der Waals surface area contributed by atoms with Crippen LogP contribution in [-0.4, -0.2) is 107 Å². The van der Waals surface area contributed by atoms with E-state index in [4.69, 9.17) is 13.9 Å². The van der Waals surface area contributed by atoms with Crippen molar-refractivity contribution < 1.29 is 65.0 Å². The van der Waals surface area contributed by atoms with Crippen LogP contribution in [0.5, 0.6) is 23.0 Å². The minimum atomic E-state index is -1.70. The number of hydrogen-bond donors (Lipinski definition) is 10. The quantitative estimate of drug-likeness (QED) is 0.157. The molecule has 14 heteroatoms. The smallest absolute Gasteiger partial charge is 0.227 e. The Balaban J connectivity index is 1.57. The van der Waals surface area contributed by atoms with Crippen molar-refractivity contribution in [2.75, 3.05) is 13.2 Å². The van der Waals surface area contributed by atoms with E-state index < -0.39 is 102 Å². The molecule has 41 heavy (non-hydrogen) atoms. The Kier molecular flexibility index (Phi) is 7.78. The lowest BCUT2D eigenvalue weighted by Crippen LogP contribution is -2.56. The topological polar surface area (TPSA) is 251 Å². The molecule has 2 fully saturated rings. The highest BCUT2D eigenvalue weighted by Gasteiger charge is 2.45. The van der Waals surface area contributed by atoms with Gasteiger partial charge in [0, 0.05) is 42.1 Å². The Morgan fingerprint density at radius 2 is 1.56 bits per heavy atom. The first-order valence-electron chi connectivity index (χ1n) is 13.0. The molecule has 3 aromatic rings. The van der Waals surface area contributed by atoms with Crippen molar-refractivity contribution in [1.82, 2.24) is 0 Å². The molecule has 1 saturated heterocycles. The largest absolute Gasteiger partial charge is 0.507 e. The van der Waals surface area contributed by atoms with Crippen LogP contribution in [0.15, 0.2) is 27.4 Å². The van der Waals surface area contributed by atoms with Gasteiger partial charge >= 0.3 is 0 Å². The second-order valence-corrected chi connectivity index (χ2v) is 10.7. The third-order valence-electron chi connectivity index (χ3n) is 8.26. The van der Waals surface area contributed by atoms with E-state index in [0.717, 1.165) is 18.2 Å². The van der Waals surface area contributed by atoms with Gasteiger partial charge in [0.15, 0.2) is 11.5 Å². The van der Waals surface area contributed by atoms with Crippen molar-refractivity contribution in [3.05, 3.63) is 34.0 Å². The number of aliphatic hydroxyl groups is 7. The summed E-state index contributed by atoms with van der Waals surface area (Å²) in [6, 6.07) is 3.15. The summed E-state index contributed by atoms with van der Waals surface area (Å²) >= 11 is 0. The van der Waals surface area contributed by atoms with Gasteiger partial charge in [-0.3, -0.25) is 4.79 Å². The maximum absolute atomic E-state index is 13.5. The van der Waals surface area contributed by atoms with Crippen molar-refractivity contribution in [3.8, 4) is 23.0 Å². The van der Waals surface area contributed by atoms with Crippen LogP contribution in [0.25, 0.3) is 21.9 Å². The first-order valence-corrected chi connectivity index (χ1v) is 13.0. The van der Waals surface area contributed by atoms with E-state index in [2.05, 4.69) is 0 Å². The fourth-order valence-electron chi connectivity index (χ4n) is 5.76. The van der Waals surface area contributed by atoms with Gasteiger partial charge in [0.1, 0.15) is 46.4 Å². The van der Waals surface area contributed by atoms with Gasteiger partial charge in [-0.2, -0.15) is 0 Å². The highest BCUT2D eigenvalue weighted by molar-refractivity contribution is 5.96. The zero-order chi connectivity index (χ0) is 29.9. The minimum Gasteiger partial charge on any atom is -0.507 e. The number of ether oxygens (including phenoxy) is 2. The molecule has 5 rings (SSSR count). The number of aromatic hydroxyl groups is 3. The zero-order valence-corrected chi connectivity index (χ0v) is 21.7. The second-order valence-electron chi connectivity index (χ2n) is 10.7. The van der Waals surface area contributed by atoms with Crippen molar-refractivity contribution in [2.45, 2.75) is 62.2 Å². The molecule has 10 atom stereocenters. The molecule has 0 radical (unpaired) electrons. The molecule has 0 bridgehead atoms. The normalized spacial score (nSPS) is 34.2. The summed E-state index contributed by atoms with van der Waals surface area (Å²) in [5, 5.41) is 103. The highest BCUT2D eigenvalue weighted by atomic mass is 16.7. The molecule has 10 N–H and O–H groups in total. The van der Waals surface area contributed by atoms with Crippen LogP contribution in [0.3, 0.4) is 0 Å². The summed E-state index contributed by atoms with van der Waals surface area (Å²) in [7, 11) is 0. The number of phenolic OH excluding ortho intramolecular Hbond substituents is 3. The first-order chi connectivity index (χ1) is 19.4. The Hall–Kier alpha value is -3.21. The Bertz CT molecular complexity index is 1500.